The predicted molar refractivity (Wildman–Crippen MR) is 104 cm³/mol. The van der Waals surface area contributed by atoms with Gasteiger partial charge in [0.2, 0.25) is 5.91 Å². The summed E-state index contributed by atoms with van der Waals surface area (Å²) < 4.78 is 5.66. The van der Waals surface area contributed by atoms with Gasteiger partial charge in [-0.05, 0) is 38.3 Å². The molecule has 1 aliphatic carbocycles. The van der Waals surface area contributed by atoms with E-state index in [4.69, 9.17) is 4.42 Å². The predicted octanol–water partition coefficient (Wildman–Crippen LogP) is 1.44. The third-order valence-electron chi connectivity index (χ3n) is 5.31. The highest BCUT2D eigenvalue weighted by molar-refractivity contribution is 6.05. The second-order valence-corrected chi connectivity index (χ2v) is 7.39. The van der Waals surface area contributed by atoms with Gasteiger partial charge < -0.3 is 20.2 Å². The molecule has 9 heteroatoms. The summed E-state index contributed by atoms with van der Waals surface area (Å²) in [5.41, 5.74) is 0.939. The first-order chi connectivity index (χ1) is 14.0. The number of nitrogens with one attached hydrogen (secondary N) is 3. The molecule has 0 spiro atoms. The van der Waals surface area contributed by atoms with Gasteiger partial charge in [0.05, 0.1) is 24.3 Å². The van der Waals surface area contributed by atoms with E-state index in [1.165, 1.54) is 6.33 Å². The number of hydrogen-bond acceptors (Lipinski definition) is 6. The number of amides is 2. The van der Waals surface area contributed by atoms with Gasteiger partial charge in [0.25, 0.3) is 5.91 Å². The third-order valence-corrected chi connectivity index (χ3v) is 5.31. The number of hydrogen-bond donors (Lipinski definition) is 4. The van der Waals surface area contributed by atoms with Crippen molar-refractivity contribution in [1.29, 1.82) is 0 Å². The Hall–Kier alpha value is -3.20. The van der Waals surface area contributed by atoms with Crippen LogP contribution in [0.4, 0.5) is 0 Å². The van der Waals surface area contributed by atoms with Crippen LogP contribution < -0.4 is 10.6 Å². The van der Waals surface area contributed by atoms with Crippen molar-refractivity contribution in [2.45, 2.75) is 44.9 Å². The van der Waals surface area contributed by atoms with E-state index in [2.05, 4.69) is 25.8 Å². The third kappa shape index (κ3) is 4.14. The summed E-state index contributed by atoms with van der Waals surface area (Å²) in [6.45, 7) is 2.09. The van der Waals surface area contributed by atoms with Crippen molar-refractivity contribution in [3.8, 4) is 0 Å². The Bertz CT molecular complexity index is 1010. The van der Waals surface area contributed by atoms with Gasteiger partial charge in [-0.3, -0.25) is 14.7 Å². The van der Waals surface area contributed by atoms with E-state index >= 15 is 0 Å². The van der Waals surface area contributed by atoms with Gasteiger partial charge in [-0.2, -0.15) is 5.10 Å². The van der Waals surface area contributed by atoms with Gasteiger partial charge >= 0.3 is 0 Å². The molecule has 1 fully saturated rings. The first-order valence-electron chi connectivity index (χ1n) is 9.61. The number of aliphatic hydroxyl groups is 1. The molecule has 2 aromatic heterocycles. The van der Waals surface area contributed by atoms with E-state index in [9.17, 15) is 14.7 Å². The lowest BCUT2D eigenvalue weighted by atomic mass is 9.83. The first-order valence-corrected chi connectivity index (χ1v) is 9.61. The molecule has 2 amide bonds. The Morgan fingerprint density at radius 2 is 2.21 bits per heavy atom. The largest absolute Gasteiger partial charge is 0.461 e. The number of benzene rings is 1. The standard InChI is InChI=1S/C20H23N5O4/c1-11-7-12-3-2-4-14(18(12)29-11)20(28)24-15-8-13(5-6-16(15)26)19(27)21-9-17-22-10-23-25-17/h2-4,7,10,13,15-16,26H,5-6,8-9H2,1H3,(H,21,27)(H,24,28)(H,22,23,25)/t13-,15+,16+/m0/s1. The van der Waals surface area contributed by atoms with Crippen LogP contribution in [0.3, 0.4) is 0 Å². The van der Waals surface area contributed by atoms with Crippen LogP contribution in [0.5, 0.6) is 0 Å². The molecule has 4 N–H and O–H groups in total. The van der Waals surface area contributed by atoms with Gasteiger partial charge in [-0.15, -0.1) is 0 Å². The molecule has 0 bridgehead atoms. The summed E-state index contributed by atoms with van der Waals surface area (Å²) >= 11 is 0. The van der Waals surface area contributed by atoms with Crippen LogP contribution in [0.15, 0.2) is 35.0 Å². The fourth-order valence-corrected chi connectivity index (χ4v) is 3.80. The number of carbonyl (C=O) groups excluding carboxylic acids is 2. The fraction of sp³-hybridized carbons (Fsp3) is 0.400. The lowest BCUT2D eigenvalue weighted by Gasteiger charge is -2.33. The quantitative estimate of drug-likeness (QED) is 0.515. The number of para-hydroxylation sites is 1. The monoisotopic (exact) mass is 397 g/mol. The van der Waals surface area contributed by atoms with Crippen LogP contribution in [0, 0.1) is 12.8 Å². The van der Waals surface area contributed by atoms with Crippen LogP contribution in [0.1, 0.15) is 41.2 Å². The molecule has 4 rings (SSSR count). The summed E-state index contributed by atoms with van der Waals surface area (Å²) in [5.74, 6) is 0.545. The molecule has 29 heavy (non-hydrogen) atoms. The molecule has 0 aliphatic heterocycles. The molecule has 1 aromatic carbocycles. The van der Waals surface area contributed by atoms with Crippen molar-refractivity contribution in [1.82, 2.24) is 25.8 Å². The number of nitrogens with zero attached hydrogens (tertiary/aromatic N) is 2. The van der Waals surface area contributed by atoms with E-state index in [0.717, 1.165) is 11.1 Å². The smallest absolute Gasteiger partial charge is 0.255 e. The van der Waals surface area contributed by atoms with Gasteiger partial charge in [-0.25, -0.2) is 4.98 Å². The highest BCUT2D eigenvalue weighted by atomic mass is 16.3. The van der Waals surface area contributed by atoms with Crippen molar-refractivity contribution in [3.05, 3.63) is 47.7 Å². The van der Waals surface area contributed by atoms with Gasteiger partial charge in [-0.1, -0.05) is 12.1 Å². The number of aryl methyl sites for hydroxylation is 1. The summed E-state index contributed by atoms with van der Waals surface area (Å²) in [6, 6.07) is 6.73. The number of fused-ring (bicyclic) bond motifs is 1. The van der Waals surface area contributed by atoms with Gasteiger partial charge in [0.15, 0.2) is 0 Å². The molecular weight excluding hydrogens is 374 g/mol. The molecule has 1 saturated carbocycles. The molecule has 152 valence electrons. The summed E-state index contributed by atoms with van der Waals surface area (Å²) in [7, 11) is 0. The lowest BCUT2D eigenvalue weighted by molar-refractivity contribution is -0.127. The molecule has 0 unspecified atom stereocenters. The van der Waals surface area contributed by atoms with Crippen LogP contribution in [-0.2, 0) is 11.3 Å². The van der Waals surface area contributed by atoms with E-state index in [1.807, 2.05) is 19.1 Å². The Kier molecular flexibility index (Phi) is 5.30. The maximum absolute atomic E-state index is 12.8. The van der Waals surface area contributed by atoms with E-state index in [-0.39, 0.29) is 24.3 Å². The average molecular weight is 397 g/mol. The number of aromatic amines is 1. The Morgan fingerprint density at radius 3 is 3.00 bits per heavy atom. The van der Waals surface area contributed by atoms with Crippen molar-refractivity contribution in [2.75, 3.05) is 0 Å². The van der Waals surface area contributed by atoms with Crippen molar-refractivity contribution in [2.24, 2.45) is 5.92 Å². The molecule has 9 nitrogen and oxygen atoms in total. The van der Waals surface area contributed by atoms with Crippen LogP contribution in [-0.4, -0.2) is 44.2 Å². The zero-order chi connectivity index (χ0) is 20.4. The zero-order valence-corrected chi connectivity index (χ0v) is 16.0. The zero-order valence-electron chi connectivity index (χ0n) is 16.0. The second kappa shape index (κ2) is 8.04. The highest BCUT2D eigenvalue weighted by Gasteiger charge is 2.34. The number of H-pyrrole nitrogens is 1. The summed E-state index contributed by atoms with van der Waals surface area (Å²) in [4.78, 5) is 29.3. The highest BCUT2D eigenvalue weighted by Crippen LogP contribution is 2.27. The van der Waals surface area contributed by atoms with Gasteiger partial charge in [0, 0.05) is 11.3 Å². The second-order valence-electron chi connectivity index (χ2n) is 7.39. The van der Waals surface area contributed by atoms with Gasteiger partial charge in [0.1, 0.15) is 23.5 Å². The maximum Gasteiger partial charge on any atom is 0.255 e. The average Bonchev–Trinajstić information content (AvgIpc) is 3.35. The van der Waals surface area contributed by atoms with Crippen molar-refractivity contribution < 1.29 is 19.1 Å². The minimum absolute atomic E-state index is 0.128. The van der Waals surface area contributed by atoms with Crippen molar-refractivity contribution >= 4 is 22.8 Å². The number of aromatic nitrogens is 3. The molecular formula is C20H23N5O4. The summed E-state index contributed by atoms with van der Waals surface area (Å²) in [5, 5.41) is 23.4. The van der Waals surface area contributed by atoms with E-state index in [0.29, 0.717) is 36.2 Å². The van der Waals surface area contributed by atoms with Crippen molar-refractivity contribution in [3.63, 3.8) is 0 Å². The van der Waals surface area contributed by atoms with E-state index < -0.39 is 12.1 Å². The number of rotatable bonds is 5. The number of aliphatic hydroxyl groups excluding tert-OH is 1. The molecule has 2 heterocycles. The van der Waals surface area contributed by atoms with Crippen LogP contribution >= 0.6 is 0 Å². The maximum atomic E-state index is 12.8. The number of carbonyl (C=O) groups is 2. The summed E-state index contributed by atoms with van der Waals surface area (Å²) in [6.07, 6.45) is 2.04. The molecule has 0 radical (unpaired) electrons. The Morgan fingerprint density at radius 1 is 1.34 bits per heavy atom. The normalized spacial score (nSPS) is 21.8. The molecule has 0 saturated heterocycles. The Balaban J connectivity index is 1.41. The molecule has 3 atom stereocenters. The minimum Gasteiger partial charge on any atom is -0.461 e. The van der Waals surface area contributed by atoms with E-state index in [1.54, 1.807) is 12.1 Å². The molecule has 3 aromatic rings. The Labute approximate surface area is 166 Å². The fourth-order valence-electron chi connectivity index (χ4n) is 3.80. The minimum atomic E-state index is -0.699. The first kappa shape index (κ1) is 19.1. The van der Waals surface area contributed by atoms with Crippen LogP contribution in [0.25, 0.3) is 11.0 Å². The molecule has 1 aliphatic rings. The topological polar surface area (TPSA) is 133 Å². The lowest BCUT2D eigenvalue weighted by Crippen LogP contribution is -2.49. The van der Waals surface area contributed by atoms with Crippen LogP contribution in [0.2, 0.25) is 0 Å². The SMILES string of the molecule is Cc1cc2cccc(C(=O)N[C@@H]3C[C@@H](C(=O)NCc4ncn[nH]4)CC[C@H]3O)c2o1. The number of furan rings is 1.